The molecule has 2 rings (SSSR count). The molecule has 0 radical (unpaired) electrons. The minimum absolute atomic E-state index is 0.303. The van der Waals surface area contributed by atoms with Gasteiger partial charge in [-0.15, -0.1) is 0 Å². The Kier molecular flexibility index (Phi) is 13.0. The molecule has 0 unspecified atom stereocenters. The molecule has 1 N–H and O–H groups in total. The summed E-state index contributed by atoms with van der Waals surface area (Å²) in [4.78, 5) is 12.1. The van der Waals surface area contributed by atoms with Crippen LogP contribution in [0.3, 0.4) is 0 Å². The Labute approximate surface area is 156 Å². The predicted octanol–water partition coefficient (Wildman–Crippen LogP) is 6.44. The summed E-state index contributed by atoms with van der Waals surface area (Å²) in [6.07, 6.45) is 11.0. The van der Waals surface area contributed by atoms with Gasteiger partial charge in [0.25, 0.3) is 0 Å². The first-order chi connectivity index (χ1) is 11.6. The molecule has 0 aliphatic heterocycles. The Bertz CT molecular complexity index is 322. The predicted molar refractivity (Wildman–Crippen MR) is 111 cm³/mol. The first-order valence-electron chi connectivity index (χ1n) is 10.5. The van der Waals surface area contributed by atoms with Gasteiger partial charge in [0.2, 0.25) is 5.91 Å². The number of carbonyl (C=O) groups is 1. The van der Waals surface area contributed by atoms with Crippen molar-refractivity contribution in [3.63, 3.8) is 0 Å². The molecule has 0 saturated heterocycles. The highest BCUT2D eigenvalue weighted by atomic mass is 32.2. The highest BCUT2D eigenvalue weighted by Crippen LogP contribution is 2.63. The summed E-state index contributed by atoms with van der Waals surface area (Å²) in [5.74, 6) is 2.93. The van der Waals surface area contributed by atoms with Gasteiger partial charge in [-0.05, 0) is 67.3 Å². The lowest BCUT2D eigenvalue weighted by molar-refractivity contribution is -0.123. The number of nitrogens with one attached hydrogen (secondary N) is 1. The van der Waals surface area contributed by atoms with Crippen molar-refractivity contribution >= 4 is 17.7 Å². The molecule has 2 aliphatic carbocycles. The number of fused-ring (bicyclic) bond motifs is 2. The molecule has 2 aliphatic rings. The number of hydrogen-bond donors (Lipinski definition) is 1. The van der Waals surface area contributed by atoms with Gasteiger partial charge in [0.15, 0.2) is 0 Å². The molecule has 2 fully saturated rings. The molecular formula is C21H43NOS. The molecule has 24 heavy (non-hydrogen) atoms. The first kappa shape index (κ1) is 23.8. The number of amides is 1. The van der Waals surface area contributed by atoms with E-state index < -0.39 is 0 Å². The van der Waals surface area contributed by atoms with Crippen LogP contribution >= 0.6 is 11.8 Å². The third-order valence-corrected chi connectivity index (χ3v) is 6.78. The summed E-state index contributed by atoms with van der Waals surface area (Å²) in [5, 5.41) is 3.11. The maximum Gasteiger partial charge on any atom is 0.220 e. The maximum atomic E-state index is 12.1. The topological polar surface area (TPSA) is 29.1 Å². The maximum absolute atomic E-state index is 12.1. The summed E-state index contributed by atoms with van der Waals surface area (Å²) >= 11 is 2.13. The summed E-state index contributed by atoms with van der Waals surface area (Å²) in [6, 6.07) is 0. The van der Waals surface area contributed by atoms with Crippen molar-refractivity contribution in [3.8, 4) is 0 Å². The van der Waals surface area contributed by atoms with Crippen molar-refractivity contribution in [3.05, 3.63) is 0 Å². The molecule has 0 aromatic heterocycles. The molecule has 0 aromatic rings. The minimum Gasteiger partial charge on any atom is -0.356 e. The normalized spacial score (nSPS) is 26.9. The van der Waals surface area contributed by atoms with Gasteiger partial charge in [0.1, 0.15) is 0 Å². The summed E-state index contributed by atoms with van der Waals surface area (Å²) in [6.45, 7) is 13.3. The Balaban J connectivity index is 0.00000123. The van der Waals surface area contributed by atoms with Crippen molar-refractivity contribution < 1.29 is 4.79 Å². The van der Waals surface area contributed by atoms with E-state index in [-0.39, 0.29) is 0 Å². The number of rotatable bonds is 9. The average Bonchev–Trinajstić information content (AvgIpc) is 3.14. The Morgan fingerprint density at radius 1 is 0.958 bits per heavy atom. The lowest BCUT2D eigenvalue weighted by atomic mass is 9.80. The van der Waals surface area contributed by atoms with E-state index in [4.69, 9.17) is 0 Å². The van der Waals surface area contributed by atoms with Crippen molar-refractivity contribution in [2.45, 2.75) is 99.3 Å². The molecule has 3 heteroatoms. The number of carbonyl (C=O) groups excluding carboxylic acids is 1. The second kappa shape index (κ2) is 13.1. The van der Waals surface area contributed by atoms with E-state index in [1.807, 2.05) is 27.7 Å². The monoisotopic (exact) mass is 357 g/mol. The largest absolute Gasteiger partial charge is 0.356 e. The van der Waals surface area contributed by atoms with Crippen LogP contribution in [0.15, 0.2) is 0 Å². The van der Waals surface area contributed by atoms with E-state index in [1.54, 1.807) is 0 Å². The third kappa shape index (κ3) is 7.37. The lowest BCUT2D eigenvalue weighted by Crippen LogP contribution is -2.30. The molecule has 144 valence electrons. The van der Waals surface area contributed by atoms with Crippen LogP contribution in [0.2, 0.25) is 0 Å². The Morgan fingerprint density at radius 3 is 2.08 bits per heavy atom. The standard InChI is InChI=1S/C17H31NOS.2C2H6/c1-3-5-10-18-15(19)12-16-6-8-17(13-16,9-7-16)14-20-11-4-2;2*1-2/h3-14H2,1-2H3,(H,18,19);2*1-2H3. The van der Waals surface area contributed by atoms with E-state index >= 15 is 0 Å². The van der Waals surface area contributed by atoms with Crippen molar-refractivity contribution in [1.29, 1.82) is 0 Å². The molecule has 2 bridgehead atoms. The van der Waals surface area contributed by atoms with E-state index in [0.29, 0.717) is 16.7 Å². The average molecular weight is 358 g/mol. The second-order valence-corrected chi connectivity index (χ2v) is 8.21. The highest BCUT2D eigenvalue weighted by Gasteiger charge is 2.54. The fourth-order valence-corrected chi connectivity index (χ4v) is 5.39. The quantitative estimate of drug-likeness (QED) is 0.481. The highest BCUT2D eigenvalue weighted by molar-refractivity contribution is 7.99. The first-order valence-corrected chi connectivity index (χ1v) is 11.6. The van der Waals surface area contributed by atoms with E-state index in [9.17, 15) is 4.79 Å². The molecule has 2 nitrogen and oxygen atoms in total. The van der Waals surface area contributed by atoms with E-state index in [2.05, 4.69) is 30.9 Å². The van der Waals surface area contributed by atoms with Crippen LogP contribution in [0, 0.1) is 10.8 Å². The van der Waals surface area contributed by atoms with Crippen LogP contribution in [-0.4, -0.2) is 24.0 Å². The van der Waals surface area contributed by atoms with Gasteiger partial charge >= 0.3 is 0 Å². The number of hydrogen-bond acceptors (Lipinski definition) is 2. The zero-order valence-corrected chi connectivity index (χ0v) is 18.1. The zero-order valence-electron chi connectivity index (χ0n) is 17.3. The molecule has 0 atom stereocenters. The summed E-state index contributed by atoms with van der Waals surface area (Å²) in [5.41, 5.74) is 0.951. The van der Waals surface area contributed by atoms with Gasteiger partial charge in [0.05, 0.1) is 0 Å². The smallest absolute Gasteiger partial charge is 0.220 e. The van der Waals surface area contributed by atoms with Crippen molar-refractivity contribution in [1.82, 2.24) is 5.32 Å². The van der Waals surface area contributed by atoms with Gasteiger partial charge in [-0.3, -0.25) is 4.79 Å². The van der Waals surface area contributed by atoms with E-state index in [0.717, 1.165) is 25.8 Å². The van der Waals surface area contributed by atoms with Gasteiger partial charge in [-0.25, -0.2) is 0 Å². The van der Waals surface area contributed by atoms with Crippen molar-refractivity contribution in [2.24, 2.45) is 10.8 Å². The van der Waals surface area contributed by atoms with Crippen LogP contribution in [0.25, 0.3) is 0 Å². The second-order valence-electron chi connectivity index (χ2n) is 7.11. The third-order valence-electron chi connectivity index (χ3n) is 5.27. The fourth-order valence-electron chi connectivity index (χ4n) is 4.14. The van der Waals surface area contributed by atoms with Gasteiger partial charge in [0, 0.05) is 13.0 Å². The SMILES string of the molecule is CC.CC.CCCCNC(=O)CC12CCC(CSCCC)(CC1)C2. The molecule has 0 spiro atoms. The lowest BCUT2D eigenvalue weighted by Gasteiger charge is -2.27. The van der Waals surface area contributed by atoms with Crippen LogP contribution in [0.5, 0.6) is 0 Å². The molecular weight excluding hydrogens is 314 g/mol. The van der Waals surface area contributed by atoms with E-state index in [1.165, 1.54) is 50.0 Å². The Hall–Kier alpha value is -0.180. The zero-order chi connectivity index (χ0) is 18.5. The summed E-state index contributed by atoms with van der Waals surface area (Å²) in [7, 11) is 0. The van der Waals surface area contributed by atoms with Crippen LogP contribution in [-0.2, 0) is 4.79 Å². The number of unbranched alkanes of at least 4 members (excludes halogenated alkanes) is 1. The Morgan fingerprint density at radius 2 is 1.54 bits per heavy atom. The minimum atomic E-state index is 0.303. The van der Waals surface area contributed by atoms with Gasteiger partial charge in [-0.1, -0.05) is 48.0 Å². The number of thioether (sulfide) groups is 1. The molecule has 0 heterocycles. The summed E-state index contributed by atoms with van der Waals surface area (Å²) < 4.78 is 0. The van der Waals surface area contributed by atoms with Gasteiger partial charge in [-0.2, -0.15) is 11.8 Å². The molecule has 0 aromatic carbocycles. The fraction of sp³-hybridized carbons (Fsp3) is 0.952. The molecule has 2 saturated carbocycles. The van der Waals surface area contributed by atoms with Crippen molar-refractivity contribution in [2.75, 3.05) is 18.1 Å². The molecule has 1 amide bonds. The van der Waals surface area contributed by atoms with Crippen LogP contribution in [0.4, 0.5) is 0 Å². The van der Waals surface area contributed by atoms with Crippen LogP contribution in [0.1, 0.15) is 99.3 Å². The van der Waals surface area contributed by atoms with Crippen LogP contribution < -0.4 is 5.32 Å². The van der Waals surface area contributed by atoms with Gasteiger partial charge < -0.3 is 5.32 Å².